The van der Waals surface area contributed by atoms with Crippen LogP contribution in [0.15, 0.2) is 0 Å². The number of hydrogen-bond donors (Lipinski definition) is 1. The van der Waals surface area contributed by atoms with Gasteiger partial charge in [-0.3, -0.25) is 0 Å². The van der Waals surface area contributed by atoms with Crippen LogP contribution in [0.3, 0.4) is 0 Å². The van der Waals surface area contributed by atoms with Crippen molar-refractivity contribution in [2.75, 3.05) is 0 Å². The summed E-state index contributed by atoms with van der Waals surface area (Å²) in [6.07, 6.45) is 0. The minimum Gasteiger partial charge on any atom is -0.402 e. The Bertz CT molecular complexity index is 563. The Morgan fingerprint density at radius 1 is 0.727 bits per heavy atom. The van der Waals surface area contributed by atoms with Crippen molar-refractivity contribution < 1.29 is 9.31 Å². The lowest BCUT2D eigenvalue weighted by Crippen LogP contribution is -2.41. The predicted molar refractivity (Wildman–Crippen MR) is 93.1 cm³/mol. The van der Waals surface area contributed by atoms with E-state index in [1.807, 2.05) is 0 Å². The normalized spacial score (nSPS) is 21.3. The molecule has 1 heterocycles. The van der Waals surface area contributed by atoms with E-state index >= 15 is 0 Å². The number of benzene rings is 1. The molecule has 1 fully saturated rings. The topological polar surface area (TPSA) is 44.5 Å². The smallest absolute Gasteiger partial charge is 0.402 e. The van der Waals surface area contributed by atoms with Gasteiger partial charge in [-0.05, 0) is 95.7 Å². The highest BCUT2D eigenvalue weighted by Gasteiger charge is 2.53. The van der Waals surface area contributed by atoms with Crippen LogP contribution >= 0.6 is 0 Å². The lowest BCUT2D eigenvalue weighted by Gasteiger charge is -2.32. The standard InChI is InChI=1S/C18H30BNO2/c1-10-11(2)13(4)15(14(5)12(10)3)16(20)19-21-17(6,7)18(8,9)22-19/h16H,20H2,1-9H3/t16-/m0/s1. The molecule has 0 aliphatic carbocycles. The molecule has 1 aliphatic heterocycles. The van der Waals surface area contributed by atoms with Crippen LogP contribution < -0.4 is 5.73 Å². The van der Waals surface area contributed by atoms with E-state index in [1.54, 1.807) is 0 Å². The molecule has 2 N–H and O–H groups in total. The summed E-state index contributed by atoms with van der Waals surface area (Å²) in [6.45, 7) is 19.0. The van der Waals surface area contributed by atoms with Crippen LogP contribution in [-0.4, -0.2) is 18.3 Å². The zero-order valence-electron chi connectivity index (χ0n) is 15.5. The van der Waals surface area contributed by atoms with Gasteiger partial charge in [-0.15, -0.1) is 0 Å². The van der Waals surface area contributed by atoms with Gasteiger partial charge in [-0.1, -0.05) is 0 Å². The molecule has 3 nitrogen and oxygen atoms in total. The zero-order chi connectivity index (χ0) is 17.0. The van der Waals surface area contributed by atoms with Gasteiger partial charge in [-0.25, -0.2) is 0 Å². The van der Waals surface area contributed by atoms with Crippen LogP contribution in [0.25, 0.3) is 0 Å². The van der Waals surface area contributed by atoms with Crippen molar-refractivity contribution in [3.8, 4) is 0 Å². The first-order chi connectivity index (χ1) is 9.90. The van der Waals surface area contributed by atoms with Crippen LogP contribution in [0.2, 0.25) is 0 Å². The monoisotopic (exact) mass is 303 g/mol. The van der Waals surface area contributed by atoms with Gasteiger partial charge in [0, 0.05) is 0 Å². The summed E-state index contributed by atoms with van der Waals surface area (Å²) in [5.41, 5.74) is 13.5. The summed E-state index contributed by atoms with van der Waals surface area (Å²) < 4.78 is 12.3. The highest BCUT2D eigenvalue weighted by molar-refractivity contribution is 6.47. The van der Waals surface area contributed by atoms with Crippen molar-refractivity contribution >= 4 is 7.12 Å². The van der Waals surface area contributed by atoms with Gasteiger partial charge in [0.2, 0.25) is 0 Å². The van der Waals surface area contributed by atoms with Gasteiger partial charge in [0.1, 0.15) is 0 Å². The fourth-order valence-electron chi connectivity index (χ4n) is 3.20. The summed E-state index contributed by atoms with van der Waals surface area (Å²) in [5.74, 6) is -0.279. The molecule has 0 aromatic heterocycles. The second kappa shape index (κ2) is 5.36. The molecule has 1 aromatic rings. The first-order valence-electron chi connectivity index (χ1n) is 8.08. The maximum absolute atomic E-state index is 6.58. The zero-order valence-corrected chi connectivity index (χ0v) is 15.5. The van der Waals surface area contributed by atoms with E-state index in [-0.39, 0.29) is 17.1 Å². The summed E-state index contributed by atoms with van der Waals surface area (Å²) in [4.78, 5) is 0. The summed E-state index contributed by atoms with van der Waals surface area (Å²) >= 11 is 0. The van der Waals surface area contributed by atoms with Crippen molar-refractivity contribution in [1.29, 1.82) is 0 Å². The van der Waals surface area contributed by atoms with Crippen LogP contribution in [0, 0.1) is 34.6 Å². The molecule has 0 amide bonds. The summed E-state index contributed by atoms with van der Waals surface area (Å²) in [6, 6.07) is 0. The largest absolute Gasteiger partial charge is 0.480 e. The van der Waals surface area contributed by atoms with Crippen molar-refractivity contribution in [3.05, 3.63) is 33.4 Å². The quantitative estimate of drug-likeness (QED) is 0.844. The van der Waals surface area contributed by atoms with E-state index < -0.39 is 7.12 Å². The van der Waals surface area contributed by atoms with E-state index in [1.165, 1.54) is 33.4 Å². The van der Waals surface area contributed by atoms with Crippen molar-refractivity contribution in [2.24, 2.45) is 5.73 Å². The van der Waals surface area contributed by atoms with Gasteiger partial charge in [0.25, 0.3) is 0 Å². The van der Waals surface area contributed by atoms with Gasteiger partial charge < -0.3 is 15.0 Å². The average Bonchev–Trinajstić information content (AvgIpc) is 2.63. The Morgan fingerprint density at radius 3 is 1.41 bits per heavy atom. The van der Waals surface area contributed by atoms with Crippen LogP contribution in [0.4, 0.5) is 0 Å². The van der Waals surface area contributed by atoms with E-state index in [9.17, 15) is 0 Å². The van der Waals surface area contributed by atoms with Crippen LogP contribution in [0.5, 0.6) is 0 Å². The molecule has 1 atom stereocenters. The maximum atomic E-state index is 6.58. The van der Waals surface area contributed by atoms with Gasteiger partial charge in [0.05, 0.1) is 17.1 Å². The Morgan fingerprint density at radius 2 is 1.05 bits per heavy atom. The SMILES string of the molecule is Cc1c(C)c(C)c([C@H](N)B2OC(C)(C)C(C)(C)O2)c(C)c1C. The molecule has 0 unspecified atom stereocenters. The molecule has 1 aliphatic rings. The summed E-state index contributed by atoms with van der Waals surface area (Å²) in [5, 5.41) is 0. The highest BCUT2D eigenvalue weighted by Crippen LogP contribution is 2.41. The van der Waals surface area contributed by atoms with E-state index in [0.29, 0.717) is 0 Å². The molecule has 1 saturated heterocycles. The molecule has 1 aromatic carbocycles. The molecule has 0 bridgehead atoms. The lowest BCUT2D eigenvalue weighted by atomic mass is 9.70. The third-order valence-electron chi connectivity index (χ3n) is 5.96. The lowest BCUT2D eigenvalue weighted by molar-refractivity contribution is 0.00578. The molecule has 22 heavy (non-hydrogen) atoms. The fraction of sp³-hybridized carbons (Fsp3) is 0.667. The first kappa shape index (κ1) is 17.5. The number of rotatable bonds is 2. The van der Waals surface area contributed by atoms with Crippen molar-refractivity contribution in [2.45, 2.75) is 79.5 Å². The second-order valence-electron chi connectivity index (χ2n) is 7.69. The summed E-state index contributed by atoms with van der Waals surface area (Å²) in [7, 11) is -0.413. The first-order valence-corrected chi connectivity index (χ1v) is 8.08. The van der Waals surface area contributed by atoms with E-state index in [0.717, 1.165) is 0 Å². The number of hydrogen-bond acceptors (Lipinski definition) is 3. The Balaban J connectivity index is 2.46. The molecule has 122 valence electrons. The highest BCUT2D eigenvalue weighted by atomic mass is 16.7. The molecule has 4 heteroatoms. The van der Waals surface area contributed by atoms with Crippen molar-refractivity contribution in [1.82, 2.24) is 0 Å². The minimum atomic E-state index is -0.413. The van der Waals surface area contributed by atoms with Gasteiger partial charge in [-0.2, -0.15) is 0 Å². The second-order valence-corrected chi connectivity index (χ2v) is 7.69. The molecular formula is C18H30BNO2. The predicted octanol–water partition coefficient (Wildman–Crippen LogP) is 3.86. The molecule has 0 radical (unpaired) electrons. The minimum absolute atomic E-state index is 0.279. The van der Waals surface area contributed by atoms with E-state index in [4.69, 9.17) is 15.0 Å². The Hall–Kier alpha value is -0.835. The molecule has 2 rings (SSSR count). The number of nitrogens with two attached hydrogens (primary N) is 1. The third-order valence-corrected chi connectivity index (χ3v) is 5.96. The maximum Gasteiger partial charge on any atom is 0.480 e. The van der Waals surface area contributed by atoms with Crippen molar-refractivity contribution in [3.63, 3.8) is 0 Å². The molecule has 0 spiro atoms. The third kappa shape index (κ3) is 2.51. The Kier molecular flexibility index (Phi) is 4.27. The van der Waals surface area contributed by atoms with Gasteiger partial charge in [0.15, 0.2) is 0 Å². The van der Waals surface area contributed by atoms with E-state index in [2.05, 4.69) is 62.3 Å². The Labute approximate surface area is 135 Å². The fourth-order valence-corrected chi connectivity index (χ4v) is 3.20. The van der Waals surface area contributed by atoms with Crippen LogP contribution in [-0.2, 0) is 9.31 Å². The molecular weight excluding hydrogens is 273 g/mol. The molecule has 0 saturated carbocycles. The average molecular weight is 303 g/mol. The van der Waals surface area contributed by atoms with Gasteiger partial charge >= 0.3 is 7.12 Å². The van der Waals surface area contributed by atoms with Crippen LogP contribution in [0.1, 0.15) is 67.0 Å².